The number of nitrogens with one attached hydrogen (secondary N) is 3. The second-order valence-electron chi connectivity index (χ2n) is 8.36. The SMILES string of the molecule is NCCCCC(N)C(=O)NC(CCC(N)=O)C(=O)NC(CCC(N)=O)C(=O)NC(CCC(=O)O)C(=O)O. The van der Waals surface area contributed by atoms with Gasteiger partial charge in [0.2, 0.25) is 29.5 Å². The van der Waals surface area contributed by atoms with Gasteiger partial charge in [-0.25, -0.2) is 4.79 Å². The Bertz CT molecular complexity index is 837. The van der Waals surface area contributed by atoms with E-state index in [-0.39, 0.29) is 32.1 Å². The van der Waals surface area contributed by atoms with Crippen LogP contribution in [-0.4, -0.2) is 82.4 Å². The van der Waals surface area contributed by atoms with Gasteiger partial charge < -0.3 is 49.1 Å². The fourth-order valence-electron chi connectivity index (χ4n) is 3.10. The molecule has 0 rings (SSSR count). The van der Waals surface area contributed by atoms with Crippen molar-refractivity contribution in [2.75, 3.05) is 6.54 Å². The molecule has 0 aromatic carbocycles. The van der Waals surface area contributed by atoms with Gasteiger partial charge in [0.05, 0.1) is 6.04 Å². The summed E-state index contributed by atoms with van der Waals surface area (Å²) >= 11 is 0. The highest BCUT2D eigenvalue weighted by Gasteiger charge is 2.30. The topological polar surface area (TPSA) is 300 Å². The minimum absolute atomic E-state index is 0.233. The molecule has 0 radical (unpaired) electrons. The summed E-state index contributed by atoms with van der Waals surface area (Å²) < 4.78 is 0. The number of unbranched alkanes of at least 4 members (excludes halogenated alkanes) is 1. The third-order valence-corrected chi connectivity index (χ3v) is 5.19. The van der Waals surface area contributed by atoms with Crippen LogP contribution >= 0.6 is 0 Å². The van der Waals surface area contributed by atoms with Crippen molar-refractivity contribution in [2.24, 2.45) is 22.9 Å². The van der Waals surface area contributed by atoms with Crippen molar-refractivity contribution in [1.82, 2.24) is 16.0 Å². The Morgan fingerprint density at radius 3 is 1.46 bits per heavy atom. The molecule has 0 spiro atoms. The fraction of sp³-hybridized carbons (Fsp3) is 0.667. The summed E-state index contributed by atoms with van der Waals surface area (Å²) in [5, 5.41) is 24.9. The lowest BCUT2D eigenvalue weighted by molar-refractivity contribution is -0.143. The van der Waals surface area contributed by atoms with Crippen molar-refractivity contribution in [3.8, 4) is 0 Å². The first-order chi connectivity index (χ1) is 17.3. The van der Waals surface area contributed by atoms with Gasteiger partial charge in [0.1, 0.15) is 18.1 Å². The number of nitrogens with two attached hydrogens (primary N) is 4. The third-order valence-electron chi connectivity index (χ3n) is 5.19. The summed E-state index contributed by atoms with van der Waals surface area (Å²) in [4.78, 5) is 82.8. The van der Waals surface area contributed by atoms with Crippen LogP contribution in [0.2, 0.25) is 0 Å². The van der Waals surface area contributed by atoms with Gasteiger partial charge >= 0.3 is 11.9 Å². The highest BCUT2D eigenvalue weighted by atomic mass is 16.4. The largest absolute Gasteiger partial charge is 0.481 e. The first kappa shape index (κ1) is 33.2. The lowest BCUT2D eigenvalue weighted by Gasteiger charge is -2.25. The normalized spacial score (nSPS) is 13.9. The molecule has 16 heteroatoms. The van der Waals surface area contributed by atoms with Gasteiger partial charge in [-0.15, -0.1) is 0 Å². The monoisotopic (exact) mass is 531 g/mol. The average molecular weight is 532 g/mol. The van der Waals surface area contributed by atoms with E-state index in [0.717, 1.165) is 0 Å². The molecule has 0 fully saturated rings. The molecule has 0 heterocycles. The minimum Gasteiger partial charge on any atom is -0.481 e. The predicted molar refractivity (Wildman–Crippen MR) is 128 cm³/mol. The first-order valence-corrected chi connectivity index (χ1v) is 11.7. The number of primary amides is 2. The fourth-order valence-corrected chi connectivity index (χ4v) is 3.10. The maximum atomic E-state index is 12.9. The second-order valence-corrected chi connectivity index (χ2v) is 8.36. The van der Waals surface area contributed by atoms with E-state index in [1.807, 2.05) is 0 Å². The van der Waals surface area contributed by atoms with Crippen LogP contribution in [0.1, 0.15) is 57.8 Å². The first-order valence-electron chi connectivity index (χ1n) is 11.7. The van der Waals surface area contributed by atoms with Crippen molar-refractivity contribution in [1.29, 1.82) is 0 Å². The van der Waals surface area contributed by atoms with Gasteiger partial charge in [-0.05, 0) is 38.6 Å². The van der Waals surface area contributed by atoms with Crippen molar-refractivity contribution in [3.63, 3.8) is 0 Å². The van der Waals surface area contributed by atoms with Crippen LogP contribution in [0.25, 0.3) is 0 Å². The van der Waals surface area contributed by atoms with Crippen LogP contribution in [-0.2, 0) is 33.6 Å². The molecule has 210 valence electrons. The third kappa shape index (κ3) is 15.0. The summed E-state index contributed by atoms with van der Waals surface area (Å²) in [5.41, 5.74) is 21.5. The zero-order valence-electron chi connectivity index (χ0n) is 20.4. The lowest BCUT2D eigenvalue weighted by atomic mass is 10.0. The summed E-state index contributed by atoms with van der Waals surface area (Å²) in [7, 11) is 0. The van der Waals surface area contributed by atoms with E-state index in [1.54, 1.807) is 0 Å². The molecule has 0 saturated heterocycles. The molecule has 0 aromatic heterocycles. The molecular weight excluding hydrogens is 494 g/mol. The van der Waals surface area contributed by atoms with Crippen LogP contribution in [0.15, 0.2) is 0 Å². The van der Waals surface area contributed by atoms with Crippen molar-refractivity contribution in [3.05, 3.63) is 0 Å². The van der Waals surface area contributed by atoms with Gasteiger partial charge in [0.15, 0.2) is 0 Å². The van der Waals surface area contributed by atoms with Gasteiger partial charge in [-0.2, -0.15) is 0 Å². The average Bonchev–Trinajstić information content (AvgIpc) is 2.80. The summed E-state index contributed by atoms with van der Waals surface area (Å²) in [6.45, 7) is 0.409. The molecule has 5 amide bonds. The van der Waals surface area contributed by atoms with Crippen molar-refractivity contribution in [2.45, 2.75) is 82.0 Å². The Kier molecular flexibility index (Phi) is 15.8. The lowest BCUT2D eigenvalue weighted by Crippen LogP contribution is -2.57. The highest BCUT2D eigenvalue weighted by Crippen LogP contribution is 2.06. The Hall–Kier alpha value is -3.79. The number of rotatable bonds is 20. The molecule has 13 N–H and O–H groups in total. The Morgan fingerprint density at radius 2 is 1.05 bits per heavy atom. The van der Waals surface area contributed by atoms with E-state index < -0.39 is 78.5 Å². The highest BCUT2D eigenvalue weighted by molar-refractivity contribution is 5.94. The van der Waals surface area contributed by atoms with Gasteiger partial charge in [-0.3, -0.25) is 28.8 Å². The molecule has 4 atom stereocenters. The number of carbonyl (C=O) groups is 7. The predicted octanol–water partition coefficient (Wildman–Crippen LogP) is -3.62. The number of hydrogen-bond acceptors (Lipinski definition) is 9. The standard InChI is InChI=1S/C21H37N7O9/c22-10-2-1-3-11(23)18(33)26-12(4-7-15(24)29)19(34)27-13(5-8-16(25)30)20(35)28-14(21(36)37)6-9-17(31)32/h11-14H,1-10,22-23H2,(H2,24,29)(H2,25,30)(H,26,33)(H,27,34)(H,28,35)(H,31,32)(H,36,37). The Morgan fingerprint density at radius 1 is 0.622 bits per heavy atom. The summed E-state index contributed by atoms with van der Waals surface area (Å²) in [6.07, 6.45) is -0.739. The molecule has 37 heavy (non-hydrogen) atoms. The summed E-state index contributed by atoms with van der Waals surface area (Å²) in [6, 6.07) is -5.38. The van der Waals surface area contributed by atoms with E-state index in [9.17, 15) is 38.7 Å². The van der Waals surface area contributed by atoms with Crippen LogP contribution in [0, 0.1) is 0 Å². The number of carboxylic acid groups (broad SMARTS) is 2. The van der Waals surface area contributed by atoms with E-state index in [0.29, 0.717) is 19.4 Å². The molecule has 0 saturated carbocycles. The van der Waals surface area contributed by atoms with Crippen LogP contribution < -0.4 is 38.9 Å². The Labute approximate surface area is 213 Å². The molecular formula is C21H37N7O9. The van der Waals surface area contributed by atoms with Gasteiger partial charge in [0, 0.05) is 19.3 Å². The van der Waals surface area contributed by atoms with Crippen LogP contribution in [0.5, 0.6) is 0 Å². The van der Waals surface area contributed by atoms with Crippen molar-refractivity contribution < 1.29 is 43.8 Å². The van der Waals surface area contributed by atoms with E-state index in [2.05, 4.69) is 16.0 Å². The molecule has 0 aromatic rings. The maximum absolute atomic E-state index is 12.9. The number of amides is 5. The second kappa shape index (κ2) is 17.6. The van der Waals surface area contributed by atoms with E-state index >= 15 is 0 Å². The molecule has 0 bridgehead atoms. The van der Waals surface area contributed by atoms with Crippen LogP contribution in [0.3, 0.4) is 0 Å². The van der Waals surface area contributed by atoms with Crippen molar-refractivity contribution >= 4 is 41.5 Å². The molecule has 4 unspecified atom stereocenters. The van der Waals surface area contributed by atoms with Gasteiger partial charge in [0.25, 0.3) is 0 Å². The maximum Gasteiger partial charge on any atom is 0.326 e. The zero-order valence-corrected chi connectivity index (χ0v) is 20.4. The van der Waals surface area contributed by atoms with Gasteiger partial charge in [-0.1, -0.05) is 6.42 Å². The number of hydrogen-bond donors (Lipinski definition) is 9. The number of aliphatic carboxylic acids is 2. The molecule has 16 nitrogen and oxygen atoms in total. The van der Waals surface area contributed by atoms with E-state index in [1.165, 1.54) is 0 Å². The number of carbonyl (C=O) groups excluding carboxylic acids is 5. The van der Waals surface area contributed by atoms with Crippen LogP contribution in [0.4, 0.5) is 0 Å². The smallest absolute Gasteiger partial charge is 0.326 e. The quantitative estimate of drug-likeness (QED) is 0.0690. The Balaban J connectivity index is 5.59. The van der Waals surface area contributed by atoms with E-state index in [4.69, 9.17) is 28.0 Å². The number of carboxylic acids is 2. The molecule has 0 aliphatic heterocycles. The summed E-state index contributed by atoms with van der Waals surface area (Å²) in [5.74, 6) is -7.01. The zero-order chi connectivity index (χ0) is 28.5. The molecule has 0 aliphatic carbocycles. The minimum atomic E-state index is -1.59. The molecule has 0 aliphatic rings.